The van der Waals surface area contributed by atoms with Crippen LogP contribution in [0.2, 0.25) is 0 Å². The van der Waals surface area contributed by atoms with Crippen molar-refractivity contribution >= 4 is 35.5 Å². The Morgan fingerprint density at radius 3 is 2.44 bits per heavy atom. The van der Waals surface area contributed by atoms with Gasteiger partial charge in [0.05, 0.1) is 18.0 Å². The Labute approximate surface area is 204 Å². The molecule has 2 atom stereocenters. The molecule has 0 bridgehead atoms. The summed E-state index contributed by atoms with van der Waals surface area (Å²) in [5.74, 6) is -1.07. The van der Waals surface area contributed by atoms with Crippen molar-refractivity contribution in [3.05, 3.63) is 56.8 Å². The number of nitrogens with one attached hydrogen (secondary N) is 2. The zero-order valence-electron chi connectivity index (χ0n) is 20.4. The van der Waals surface area contributed by atoms with Gasteiger partial charge in [0.2, 0.25) is 18.2 Å². The largest absolute Gasteiger partial charge is 0.351 e. The lowest BCUT2D eigenvalue weighted by Gasteiger charge is -2.26. The maximum absolute atomic E-state index is 12.9. The Hall–Kier alpha value is -3.00. The number of benzene rings is 1. The summed E-state index contributed by atoms with van der Waals surface area (Å²) >= 11 is 1.44. The number of imide groups is 1. The van der Waals surface area contributed by atoms with Crippen LogP contribution in [0.25, 0.3) is 0 Å². The topological polar surface area (TPSA) is 95.6 Å². The maximum Gasteiger partial charge on any atom is 0.256 e. The van der Waals surface area contributed by atoms with Gasteiger partial charge in [0.15, 0.2) is 0 Å². The SMILES string of the molecule is CCCC(C(=O)NC=O)N1Cc2c(csc2CNC(=O)C(C)c2ccc(C(C)(C)C)cc2)C1=O. The molecular formula is C26H33N3O4S. The van der Waals surface area contributed by atoms with Crippen molar-refractivity contribution in [2.24, 2.45) is 0 Å². The average Bonchev–Trinajstić information content (AvgIpc) is 3.34. The minimum absolute atomic E-state index is 0.0545. The van der Waals surface area contributed by atoms with Gasteiger partial charge in [-0.1, -0.05) is 58.4 Å². The van der Waals surface area contributed by atoms with Gasteiger partial charge in [-0.25, -0.2) is 0 Å². The molecule has 2 heterocycles. The lowest BCUT2D eigenvalue weighted by molar-refractivity contribution is -0.129. The molecule has 2 N–H and O–H groups in total. The second-order valence-electron chi connectivity index (χ2n) is 9.73. The lowest BCUT2D eigenvalue weighted by Crippen LogP contribution is -2.46. The zero-order chi connectivity index (χ0) is 25.0. The minimum atomic E-state index is -0.696. The summed E-state index contributed by atoms with van der Waals surface area (Å²) < 4.78 is 0. The van der Waals surface area contributed by atoms with E-state index < -0.39 is 11.9 Å². The van der Waals surface area contributed by atoms with Crippen LogP contribution in [0.4, 0.5) is 0 Å². The third-order valence-electron chi connectivity index (χ3n) is 6.34. The fraction of sp³-hybridized carbons (Fsp3) is 0.462. The molecule has 8 heteroatoms. The fourth-order valence-corrected chi connectivity index (χ4v) is 5.15. The molecule has 7 nitrogen and oxygen atoms in total. The molecule has 34 heavy (non-hydrogen) atoms. The number of fused-ring (bicyclic) bond motifs is 1. The molecule has 0 aliphatic carbocycles. The predicted octanol–water partition coefficient (Wildman–Crippen LogP) is 3.86. The molecule has 0 saturated carbocycles. The molecule has 0 spiro atoms. The van der Waals surface area contributed by atoms with E-state index >= 15 is 0 Å². The summed E-state index contributed by atoms with van der Waals surface area (Å²) in [5.41, 5.74) is 3.64. The van der Waals surface area contributed by atoms with Crippen LogP contribution < -0.4 is 10.6 Å². The molecule has 0 saturated heterocycles. The fourth-order valence-electron chi connectivity index (χ4n) is 4.17. The van der Waals surface area contributed by atoms with E-state index in [-0.39, 0.29) is 23.1 Å². The van der Waals surface area contributed by atoms with Crippen molar-refractivity contribution < 1.29 is 19.2 Å². The first-order valence-corrected chi connectivity index (χ1v) is 12.5. The molecule has 2 aromatic rings. The molecule has 2 unspecified atom stereocenters. The summed E-state index contributed by atoms with van der Waals surface area (Å²) in [6.45, 7) is 10.9. The first-order chi connectivity index (χ1) is 16.1. The summed E-state index contributed by atoms with van der Waals surface area (Å²) in [5, 5.41) is 6.96. The number of rotatable bonds is 9. The van der Waals surface area contributed by atoms with Gasteiger partial charge in [-0.15, -0.1) is 11.3 Å². The second kappa shape index (κ2) is 10.5. The normalized spacial score (nSPS) is 15.0. The molecule has 182 valence electrons. The highest BCUT2D eigenvalue weighted by molar-refractivity contribution is 7.10. The lowest BCUT2D eigenvalue weighted by atomic mass is 9.85. The molecule has 0 radical (unpaired) electrons. The summed E-state index contributed by atoms with van der Waals surface area (Å²) in [4.78, 5) is 51.3. The highest BCUT2D eigenvalue weighted by Gasteiger charge is 2.38. The van der Waals surface area contributed by atoms with Gasteiger partial charge in [0, 0.05) is 16.8 Å². The summed E-state index contributed by atoms with van der Waals surface area (Å²) in [6, 6.07) is 7.45. The van der Waals surface area contributed by atoms with Gasteiger partial charge in [-0.3, -0.25) is 24.5 Å². The van der Waals surface area contributed by atoms with Gasteiger partial charge >= 0.3 is 0 Å². The number of amides is 4. The van der Waals surface area contributed by atoms with E-state index in [4.69, 9.17) is 0 Å². The molecule has 1 aliphatic heterocycles. The van der Waals surface area contributed by atoms with Crippen LogP contribution >= 0.6 is 11.3 Å². The third kappa shape index (κ3) is 5.38. The van der Waals surface area contributed by atoms with Crippen molar-refractivity contribution in [3.63, 3.8) is 0 Å². The van der Waals surface area contributed by atoms with Gasteiger partial charge in [-0.05, 0) is 35.4 Å². The van der Waals surface area contributed by atoms with E-state index in [0.29, 0.717) is 37.9 Å². The first-order valence-electron chi connectivity index (χ1n) is 11.6. The van der Waals surface area contributed by atoms with Crippen LogP contribution in [0, 0.1) is 0 Å². The molecule has 1 aromatic heterocycles. The van der Waals surface area contributed by atoms with Crippen LogP contribution in [0.15, 0.2) is 29.6 Å². The number of hydrogen-bond acceptors (Lipinski definition) is 5. The van der Waals surface area contributed by atoms with Gasteiger partial charge in [-0.2, -0.15) is 0 Å². The van der Waals surface area contributed by atoms with E-state index in [1.165, 1.54) is 21.8 Å². The Kier molecular flexibility index (Phi) is 7.92. The molecular weight excluding hydrogens is 450 g/mol. The van der Waals surface area contributed by atoms with Crippen LogP contribution in [0.3, 0.4) is 0 Å². The predicted molar refractivity (Wildman–Crippen MR) is 132 cm³/mol. The van der Waals surface area contributed by atoms with Gasteiger partial charge in [0.25, 0.3) is 5.91 Å². The number of hydrogen-bond donors (Lipinski definition) is 2. The Morgan fingerprint density at radius 1 is 1.18 bits per heavy atom. The number of carbonyl (C=O) groups is 4. The van der Waals surface area contributed by atoms with Crippen LogP contribution in [-0.2, 0) is 32.9 Å². The highest BCUT2D eigenvalue weighted by atomic mass is 32.1. The van der Waals surface area contributed by atoms with Crippen LogP contribution in [-0.4, -0.2) is 35.1 Å². The standard InChI is InChI=1S/C26H33N3O4S/c1-6-7-21(24(32)28-15-30)29-13-19-20(25(29)33)14-34-22(19)12-27-23(31)16(2)17-8-10-18(11-9-17)26(3,4)5/h8-11,14-16,21H,6-7,12-13H2,1-5H3,(H,27,31)(H,28,30,32). The zero-order valence-corrected chi connectivity index (χ0v) is 21.3. The Bertz CT molecular complexity index is 1070. The second-order valence-corrected chi connectivity index (χ2v) is 10.7. The number of carbonyl (C=O) groups excluding carboxylic acids is 4. The van der Waals surface area contributed by atoms with Crippen molar-refractivity contribution in [2.75, 3.05) is 0 Å². The van der Waals surface area contributed by atoms with Gasteiger partial charge in [0.1, 0.15) is 6.04 Å². The monoisotopic (exact) mass is 483 g/mol. The molecule has 1 aliphatic rings. The van der Waals surface area contributed by atoms with E-state index in [1.807, 2.05) is 26.0 Å². The van der Waals surface area contributed by atoms with Gasteiger partial charge < -0.3 is 10.2 Å². The van der Waals surface area contributed by atoms with Crippen LogP contribution in [0.1, 0.15) is 85.3 Å². The number of nitrogens with zero attached hydrogens (tertiary/aromatic N) is 1. The van der Waals surface area contributed by atoms with Crippen molar-refractivity contribution in [1.29, 1.82) is 0 Å². The Morgan fingerprint density at radius 2 is 1.85 bits per heavy atom. The smallest absolute Gasteiger partial charge is 0.256 e. The van der Waals surface area contributed by atoms with E-state index in [1.54, 1.807) is 5.38 Å². The van der Waals surface area contributed by atoms with E-state index in [2.05, 4.69) is 43.5 Å². The summed E-state index contributed by atoms with van der Waals surface area (Å²) in [6.07, 6.45) is 1.52. The van der Waals surface area contributed by atoms with Crippen molar-refractivity contribution in [2.45, 2.75) is 77.9 Å². The minimum Gasteiger partial charge on any atom is -0.351 e. The van der Waals surface area contributed by atoms with E-state index in [0.717, 1.165) is 16.0 Å². The molecule has 4 amide bonds. The first kappa shape index (κ1) is 25.6. The quantitative estimate of drug-likeness (QED) is 0.530. The van der Waals surface area contributed by atoms with Crippen molar-refractivity contribution in [3.8, 4) is 0 Å². The third-order valence-corrected chi connectivity index (χ3v) is 7.36. The van der Waals surface area contributed by atoms with E-state index in [9.17, 15) is 19.2 Å². The molecule has 3 rings (SSSR count). The molecule has 1 aromatic carbocycles. The maximum atomic E-state index is 12.9. The number of thiophene rings is 1. The van der Waals surface area contributed by atoms with Crippen LogP contribution in [0.5, 0.6) is 0 Å². The Balaban J connectivity index is 1.67. The average molecular weight is 484 g/mol. The summed E-state index contributed by atoms with van der Waals surface area (Å²) in [7, 11) is 0. The van der Waals surface area contributed by atoms with Crippen molar-refractivity contribution in [1.82, 2.24) is 15.5 Å². The highest BCUT2D eigenvalue weighted by Crippen LogP contribution is 2.33. The molecule has 0 fully saturated rings.